The lowest BCUT2D eigenvalue weighted by Gasteiger charge is -2.43. The third-order valence-electron chi connectivity index (χ3n) is 4.58. The van der Waals surface area contributed by atoms with Gasteiger partial charge in [0.2, 0.25) is 0 Å². The van der Waals surface area contributed by atoms with Gasteiger partial charge in [-0.2, -0.15) is 11.8 Å². The van der Waals surface area contributed by atoms with Crippen molar-refractivity contribution in [2.24, 2.45) is 0 Å². The van der Waals surface area contributed by atoms with Gasteiger partial charge in [0.05, 0.1) is 0 Å². The highest BCUT2D eigenvalue weighted by molar-refractivity contribution is 7.99. The van der Waals surface area contributed by atoms with Crippen LogP contribution in [0.15, 0.2) is 30.3 Å². The molecule has 0 aliphatic carbocycles. The molecular formula is C16H24N2S. The van der Waals surface area contributed by atoms with Crippen LogP contribution in [-0.4, -0.2) is 49.1 Å². The SMILES string of the molecule is c1ccc(C2(CN3CCSCC3)CCNCC2)cc1. The highest BCUT2D eigenvalue weighted by Gasteiger charge is 2.35. The summed E-state index contributed by atoms with van der Waals surface area (Å²) < 4.78 is 0. The predicted octanol–water partition coefficient (Wildman–Crippen LogP) is 2.36. The zero-order chi connectivity index (χ0) is 13.0. The van der Waals surface area contributed by atoms with E-state index in [-0.39, 0.29) is 0 Å². The molecule has 0 unspecified atom stereocenters. The minimum Gasteiger partial charge on any atom is -0.317 e. The first-order valence-electron chi connectivity index (χ1n) is 7.45. The fraction of sp³-hybridized carbons (Fsp3) is 0.625. The quantitative estimate of drug-likeness (QED) is 0.912. The van der Waals surface area contributed by atoms with Crippen LogP contribution >= 0.6 is 11.8 Å². The van der Waals surface area contributed by atoms with Gasteiger partial charge in [-0.15, -0.1) is 0 Å². The van der Waals surface area contributed by atoms with Crippen LogP contribution in [-0.2, 0) is 5.41 Å². The fourth-order valence-corrected chi connectivity index (χ4v) is 4.40. The molecular weight excluding hydrogens is 252 g/mol. The highest BCUT2D eigenvalue weighted by atomic mass is 32.2. The number of nitrogens with one attached hydrogen (secondary N) is 1. The number of thioether (sulfide) groups is 1. The Morgan fingerprint density at radius 1 is 1.05 bits per heavy atom. The molecule has 2 heterocycles. The lowest BCUT2D eigenvalue weighted by Crippen LogP contribution is -2.49. The van der Waals surface area contributed by atoms with E-state index in [2.05, 4.69) is 52.3 Å². The van der Waals surface area contributed by atoms with Gasteiger partial charge >= 0.3 is 0 Å². The van der Waals surface area contributed by atoms with Crippen molar-refractivity contribution in [1.29, 1.82) is 0 Å². The molecule has 0 bridgehead atoms. The Bertz CT molecular complexity index is 381. The summed E-state index contributed by atoms with van der Waals surface area (Å²) >= 11 is 2.10. The van der Waals surface area contributed by atoms with Gasteiger partial charge in [0.25, 0.3) is 0 Å². The van der Waals surface area contributed by atoms with Crippen LogP contribution in [0.1, 0.15) is 18.4 Å². The predicted molar refractivity (Wildman–Crippen MR) is 84.0 cm³/mol. The van der Waals surface area contributed by atoms with Crippen molar-refractivity contribution in [1.82, 2.24) is 10.2 Å². The van der Waals surface area contributed by atoms with Crippen LogP contribution in [0, 0.1) is 0 Å². The minimum absolute atomic E-state index is 0.383. The Morgan fingerprint density at radius 3 is 2.42 bits per heavy atom. The number of hydrogen-bond acceptors (Lipinski definition) is 3. The van der Waals surface area contributed by atoms with E-state index in [0.717, 1.165) is 13.1 Å². The Kier molecular flexibility index (Phi) is 4.46. The molecule has 2 saturated heterocycles. The van der Waals surface area contributed by atoms with E-state index in [1.807, 2.05) is 0 Å². The molecule has 2 aliphatic heterocycles. The molecule has 104 valence electrons. The summed E-state index contributed by atoms with van der Waals surface area (Å²) in [5, 5.41) is 3.52. The Hall–Kier alpha value is -0.510. The summed E-state index contributed by atoms with van der Waals surface area (Å²) in [7, 11) is 0. The zero-order valence-corrected chi connectivity index (χ0v) is 12.4. The maximum absolute atomic E-state index is 3.52. The van der Waals surface area contributed by atoms with Crippen molar-refractivity contribution < 1.29 is 0 Å². The molecule has 2 fully saturated rings. The average molecular weight is 276 g/mol. The smallest absolute Gasteiger partial charge is 0.0104 e. The van der Waals surface area contributed by atoms with Crippen LogP contribution in [0.5, 0.6) is 0 Å². The van der Waals surface area contributed by atoms with Gasteiger partial charge in [-0.05, 0) is 31.5 Å². The summed E-state index contributed by atoms with van der Waals surface area (Å²) in [6.45, 7) is 6.12. The van der Waals surface area contributed by atoms with E-state index >= 15 is 0 Å². The van der Waals surface area contributed by atoms with E-state index in [9.17, 15) is 0 Å². The maximum atomic E-state index is 3.52. The van der Waals surface area contributed by atoms with E-state index in [4.69, 9.17) is 0 Å². The van der Waals surface area contributed by atoms with Crippen molar-refractivity contribution in [3.63, 3.8) is 0 Å². The molecule has 0 aromatic heterocycles. The zero-order valence-electron chi connectivity index (χ0n) is 11.6. The first-order valence-corrected chi connectivity index (χ1v) is 8.61. The van der Waals surface area contributed by atoms with Gasteiger partial charge in [-0.3, -0.25) is 0 Å². The number of benzene rings is 1. The number of hydrogen-bond donors (Lipinski definition) is 1. The largest absolute Gasteiger partial charge is 0.317 e. The molecule has 0 spiro atoms. The fourth-order valence-electron chi connectivity index (χ4n) is 3.42. The van der Waals surface area contributed by atoms with E-state index < -0.39 is 0 Å². The molecule has 19 heavy (non-hydrogen) atoms. The molecule has 3 rings (SSSR count). The monoisotopic (exact) mass is 276 g/mol. The standard InChI is InChI=1S/C16H24N2S/c1-2-4-15(5-3-1)16(6-8-17-9-7-16)14-18-10-12-19-13-11-18/h1-5,17H,6-14H2. The maximum Gasteiger partial charge on any atom is 0.0104 e. The number of nitrogens with zero attached hydrogens (tertiary/aromatic N) is 1. The van der Waals surface area contributed by atoms with E-state index in [1.165, 1.54) is 44.0 Å². The van der Waals surface area contributed by atoms with Gasteiger partial charge in [-0.25, -0.2) is 0 Å². The van der Waals surface area contributed by atoms with Gasteiger partial charge in [0, 0.05) is 36.6 Å². The normalized spacial score (nSPS) is 24.2. The van der Waals surface area contributed by atoms with Crippen molar-refractivity contribution in [2.75, 3.05) is 44.2 Å². The molecule has 1 aromatic rings. The van der Waals surface area contributed by atoms with Gasteiger partial charge < -0.3 is 10.2 Å². The van der Waals surface area contributed by atoms with Crippen molar-refractivity contribution in [3.8, 4) is 0 Å². The first-order chi connectivity index (χ1) is 9.39. The Morgan fingerprint density at radius 2 is 1.74 bits per heavy atom. The van der Waals surface area contributed by atoms with Crippen LogP contribution in [0.3, 0.4) is 0 Å². The molecule has 0 amide bonds. The minimum atomic E-state index is 0.383. The van der Waals surface area contributed by atoms with E-state index in [0.29, 0.717) is 5.41 Å². The molecule has 1 aromatic carbocycles. The second-order valence-electron chi connectivity index (χ2n) is 5.78. The van der Waals surface area contributed by atoms with Crippen LogP contribution in [0.2, 0.25) is 0 Å². The van der Waals surface area contributed by atoms with Gasteiger partial charge in [0.1, 0.15) is 0 Å². The summed E-state index contributed by atoms with van der Waals surface area (Å²) in [5.41, 5.74) is 1.93. The van der Waals surface area contributed by atoms with E-state index in [1.54, 1.807) is 5.56 Å². The highest BCUT2D eigenvalue weighted by Crippen LogP contribution is 2.34. The second-order valence-corrected chi connectivity index (χ2v) is 7.01. The third-order valence-corrected chi connectivity index (χ3v) is 5.52. The lowest BCUT2D eigenvalue weighted by molar-refractivity contribution is 0.186. The van der Waals surface area contributed by atoms with Crippen LogP contribution in [0.25, 0.3) is 0 Å². The topological polar surface area (TPSA) is 15.3 Å². The molecule has 2 nitrogen and oxygen atoms in total. The van der Waals surface area contributed by atoms with Gasteiger partial charge in [0.15, 0.2) is 0 Å². The summed E-state index contributed by atoms with van der Waals surface area (Å²) in [5.74, 6) is 2.62. The molecule has 0 saturated carbocycles. The average Bonchev–Trinajstić information content (AvgIpc) is 2.50. The molecule has 2 aliphatic rings. The molecule has 0 radical (unpaired) electrons. The summed E-state index contributed by atoms with van der Waals surface area (Å²) in [6, 6.07) is 11.2. The first kappa shape index (κ1) is 13.5. The van der Waals surface area contributed by atoms with Gasteiger partial charge in [-0.1, -0.05) is 30.3 Å². The Labute approximate surface area is 121 Å². The third kappa shape index (κ3) is 3.15. The van der Waals surface area contributed by atoms with Crippen molar-refractivity contribution >= 4 is 11.8 Å². The van der Waals surface area contributed by atoms with Crippen LogP contribution in [0.4, 0.5) is 0 Å². The second kappa shape index (κ2) is 6.29. The van der Waals surface area contributed by atoms with Crippen molar-refractivity contribution in [2.45, 2.75) is 18.3 Å². The number of piperidine rings is 1. The molecule has 1 N–H and O–H groups in total. The molecule has 0 atom stereocenters. The summed E-state index contributed by atoms with van der Waals surface area (Å²) in [4.78, 5) is 2.69. The lowest BCUT2D eigenvalue weighted by atomic mass is 9.72. The summed E-state index contributed by atoms with van der Waals surface area (Å²) in [6.07, 6.45) is 2.56. The van der Waals surface area contributed by atoms with Crippen molar-refractivity contribution in [3.05, 3.63) is 35.9 Å². The molecule has 3 heteroatoms. The number of rotatable bonds is 3. The van der Waals surface area contributed by atoms with Crippen LogP contribution < -0.4 is 5.32 Å². The Balaban J connectivity index is 1.79.